The quantitative estimate of drug-likeness (QED) is 0.382. The zero-order valence-corrected chi connectivity index (χ0v) is 17.2. The van der Waals surface area contributed by atoms with Crippen molar-refractivity contribution in [3.63, 3.8) is 0 Å². The summed E-state index contributed by atoms with van der Waals surface area (Å²) in [6, 6.07) is 15.7. The molecule has 0 saturated heterocycles. The lowest BCUT2D eigenvalue weighted by Crippen LogP contribution is -2.10. The molecule has 0 amide bonds. The molecule has 0 heterocycles. The molecule has 4 nitrogen and oxygen atoms in total. The third-order valence-corrected chi connectivity index (χ3v) is 4.33. The van der Waals surface area contributed by atoms with Crippen molar-refractivity contribution in [1.82, 2.24) is 0 Å². The van der Waals surface area contributed by atoms with E-state index >= 15 is 0 Å². The number of benzene rings is 2. The van der Waals surface area contributed by atoms with Gasteiger partial charge in [0.1, 0.15) is 0 Å². The summed E-state index contributed by atoms with van der Waals surface area (Å²) in [5, 5.41) is 0. The van der Waals surface area contributed by atoms with Crippen molar-refractivity contribution in [3.8, 4) is 0 Å². The van der Waals surface area contributed by atoms with Gasteiger partial charge in [0.2, 0.25) is 10.4 Å². The molecule has 24 heavy (non-hydrogen) atoms. The normalized spacial score (nSPS) is 11.6. The lowest BCUT2D eigenvalue weighted by Gasteiger charge is -2.18. The van der Waals surface area contributed by atoms with Crippen LogP contribution in [0.3, 0.4) is 0 Å². The predicted octanol–water partition coefficient (Wildman–Crippen LogP) is 4.56. The number of halogens is 1. The summed E-state index contributed by atoms with van der Waals surface area (Å²) in [6.07, 6.45) is 0. The summed E-state index contributed by atoms with van der Waals surface area (Å²) in [5.74, 6) is 0. The second kappa shape index (κ2) is 8.94. The third-order valence-electron chi connectivity index (χ3n) is 3.20. The van der Waals surface area contributed by atoms with Gasteiger partial charge < -0.3 is 4.55 Å². The molecule has 0 N–H and O–H groups in total. The molecular formula is C18H22IO4S-. The first-order valence-corrected chi connectivity index (χ1v) is 9.80. The molecular weight excluding hydrogens is 439 g/mol. The van der Waals surface area contributed by atoms with Crippen LogP contribution in [-0.4, -0.2) is 13.0 Å². The van der Waals surface area contributed by atoms with Gasteiger partial charge in [-0.25, -0.2) is 8.42 Å². The number of hydrogen-bond acceptors (Lipinski definition) is 4. The Labute approximate surface area is 158 Å². The topological polar surface area (TPSA) is 66.4 Å². The Morgan fingerprint density at radius 2 is 1.50 bits per heavy atom. The van der Waals surface area contributed by atoms with Crippen molar-refractivity contribution in [2.75, 3.05) is 0 Å². The van der Waals surface area contributed by atoms with Crippen LogP contribution in [-0.2, 0) is 26.6 Å². The van der Waals surface area contributed by atoms with Crippen molar-refractivity contribution in [3.05, 3.63) is 68.8 Å². The van der Waals surface area contributed by atoms with Gasteiger partial charge in [-0.05, 0) is 58.2 Å². The van der Waals surface area contributed by atoms with E-state index in [0.29, 0.717) is 5.56 Å². The summed E-state index contributed by atoms with van der Waals surface area (Å²) < 4.78 is 35.7. The van der Waals surface area contributed by atoms with Crippen molar-refractivity contribution < 1.29 is 17.2 Å². The predicted molar refractivity (Wildman–Crippen MR) is 104 cm³/mol. The van der Waals surface area contributed by atoms with Crippen LogP contribution in [0.15, 0.2) is 48.5 Å². The van der Waals surface area contributed by atoms with E-state index in [2.05, 4.69) is 71.8 Å². The van der Waals surface area contributed by atoms with Crippen LogP contribution >= 0.6 is 22.6 Å². The molecule has 0 bridgehead atoms. The zero-order valence-electron chi connectivity index (χ0n) is 14.2. The van der Waals surface area contributed by atoms with E-state index in [1.165, 1.54) is 9.13 Å². The first kappa shape index (κ1) is 21.1. The van der Waals surface area contributed by atoms with Crippen molar-refractivity contribution in [2.45, 2.75) is 39.7 Å². The minimum Gasteiger partial charge on any atom is -0.726 e. The van der Waals surface area contributed by atoms with Gasteiger partial charge in [0.25, 0.3) is 0 Å². The second-order valence-electron chi connectivity index (χ2n) is 6.41. The van der Waals surface area contributed by atoms with Crippen LogP contribution in [0.1, 0.15) is 37.5 Å². The summed E-state index contributed by atoms with van der Waals surface area (Å²) >= 11 is 2.32. The van der Waals surface area contributed by atoms with Gasteiger partial charge >= 0.3 is 0 Å². The molecule has 2 rings (SSSR count). The summed E-state index contributed by atoms with van der Waals surface area (Å²) in [4.78, 5) is 0. The monoisotopic (exact) mass is 461 g/mol. The summed E-state index contributed by atoms with van der Waals surface area (Å²) in [7, 11) is -4.58. The summed E-state index contributed by atoms with van der Waals surface area (Å²) in [6.45, 7) is 8.40. The van der Waals surface area contributed by atoms with Crippen molar-refractivity contribution in [1.29, 1.82) is 0 Å². The van der Waals surface area contributed by atoms with Gasteiger partial charge in [-0.2, -0.15) is 0 Å². The Balaban J connectivity index is 0.000000243. The van der Waals surface area contributed by atoms with Crippen LogP contribution in [0.5, 0.6) is 0 Å². The number of hydrogen-bond donors (Lipinski definition) is 0. The van der Waals surface area contributed by atoms with Crippen LogP contribution < -0.4 is 0 Å². The van der Waals surface area contributed by atoms with Gasteiger partial charge in [-0.1, -0.05) is 62.7 Å². The van der Waals surface area contributed by atoms with Crippen molar-refractivity contribution in [2.24, 2.45) is 0 Å². The highest BCUT2D eigenvalue weighted by Gasteiger charge is 2.12. The third kappa shape index (κ3) is 8.77. The molecule has 0 aromatic heterocycles. The van der Waals surface area contributed by atoms with E-state index in [-0.39, 0.29) is 12.0 Å². The Morgan fingerprint density at radius 1 is 1.00 bits per heavy atom. The SMILES string of the molecule is CC(C)(C)c1ccc(I)cc1.Cc1ccc(COS(=O)(=O)[O-])cc1. The highest BCUT2D eigenvalue weighted by Crippen LogP contribution is 2.22. The van der Waals surface area contributed by atoms with Gasteiger partial charge in [0.05, 0.1) is 6.61 Å². The first-order valence-electron chi connectivity index (χ1n) is 7.39. The maximum atomic E-state index is 10.1. The molecule has 0 aliphatic rings. The Bertz CT molecular complexity index is 730. The van der Waals surface area contributed by atoms with E-state index in [1.54, 1.807) is 12.1 Å². The lowest BCUT2D eigenvalue weighted by molar-refractivity contribution is 0.253. The molecule has 0 unspecified atom stereocenters. The summed E-state index contributed by atoms with van der Waals surface area (Å²) in [5.41, 5.74) is 3.40. The molecule has 0 atom stereocenters. The molecule has 0 radical (unpaired) electrons. The minimum atomic E-state index is -4.58. The molecule has 0 aliphatic heterocycles. The Morgan fingerprint density at radius 3 is 1.92 bits per heavy atom. The molecule has 0 fully saturated rings. The van der Waals surface area contributed by atoms with E-state index in [9.17, 15) is 13.0 Å². The Kier molecular flexibility index (Phi) is 7.85. The number of rotatable bonds is 3. The van der Waals surface area contributed by atoms with Crippen LogP contribution in [0.25, 0.3) is 0 Å². The standard InChI is InChI=1S/C10H13I.C8H10O4S/c1-10(2,3)8-4-6-9(11)7-5-8;1-7-2-4-8(5-3-7)6-12-13(9,10)11/h4-7H,1-3H3;2-5H,6H2,1H3,(H,9,10,11)/p-1. The minimum absolute atomic E-state index is 0.202. The van der Waals surface area contributed by atoms with Gasteiger partial charge in [0, 0.05) is 3.57 Å². The molecule has 132 valence electrons. The average Bonchev–Trinajstić information content (AvgIpc) is 2.46. The van der Waals surface area contributed by atoms with Crippen molar-refractivity contribution >= 4 is 33.0 Å². The van der Waals surface area contributed by atoms with Crippen LogP contribution in [0.2, 0.25) is 0 Å². The first-order chi connectivity index (χ1) is 11.0. The van der Waals surface area contributed by atoms with E-state index in [0.717, 1.165) is 5.56 Å². The molecule has 0 saturated carbocycles. The Hall–Kier alpha value is -0.960. The smallest absolute Gasteiger partial charge is 0.217 e. The second-order valence-corrected chi connectivity index (χ2v) is 8.71. The molecule has 2 aromatic rings. The average molecular weight is 461 g/mol. The highest BCUT2D eigenvalue weighted by molar-refractivity contribution is 14.1. The zero-order chi connectivity index (χ0) is 18.4. The molecule has 0 aliphatic carbocycles. The van der Waals surface area contributed by atoms with Gasteiger partial charge in [-0.15, -0.1) is 0 Å². The van der Waals surface area contributed by atoms with Crippen LogP contribution in [0.4, 0.5) is 0 Å². The maximum absolute atomic E-state index is 10.1. The number of aryl methyl sites for hydroxylation is 1. The molecule has 2 aromatic carbocycles. The van der Waals surface area contributed by atoms with Gasteiger partial charge in [-0.3, -0.25) is 4.18 Å². The lowest BCUT2D eigenvalue weighted by atomic mass is 9.87. The van der Waals surface area contributed by atoms with Crippen LogP contribution in [0, 0.1) is 10.5 Å². The fraction of sp³-hybridized carbons (Fsp3) is 0.333. The van der Waals surface area contributed by atoms with Gasteiger partial charge in [0.15, 0.2) is 0 Å². The van der Waals surface area contributed by atoms with E-state index in [1.807, 2.05) is 19.1 Å². The largest absolute Gasteiger partial charge is 0.726 e. The maximum Gasteiger partial charge on any atom is 0.217 e. The van der Waals surface area contributed by atoms with E-state index < -0.39 is 10.4 Å². The molecule has 6 heteroatoms. The fourth-order valence-electron chi connectivity index (χ4n) is 1.77. The fourth-order valence-corrected chi connectivity index (χ4v) is 2.41. The highest BCUT2D eigenvalue weighted by atomic mass is 127. The van der Waals surface area contributed by atoms with E-state index in [4.69, 9.17) is 0 Å². The molecule has 0 spiro atoms.